The summed E-state index contributed by atoms with van der Waals surface area (Å²) in [6.45, 7) is 4.15. The minimum Gasteiger partial charge on any atom is -0.378 e. The molecular formula is C29H35NO2. The monoisotopic (exact) mass is 429 g/mol. The number of carbonyl (C=O) groups excluding carboxylic acids is 1. The zero-order valence-electron chi connectivity index (χ0n) is 19.9. The molecule has 168 valence electrons. The summed E-state index contributed by atoms with van der Waals surface area (Å²) >= 11 is 0. The molecular weight excluding hydrogens is 394 g/mol. The number of fused-ring (bicyclic) bond motifs is 4. The molecule has 0 amide bonds. The van der Waals surface area contributed by atoms with E-state index in [0.29, 0.717) is 18.3 Å². The molecule has 3 nitrogen and oxygen atoms in total. The molecule has 3 heteroatoms. The number of hydrogen-bond acceptors (Lipinski definition) is 3. The van der Waals surface area contributed by atoms with Crippen LogP contribution in [0.15, 0.2) is 47.1 Å². The summed E-state index contributed by atoms with van der Waals surface area (Å²) in [4.78, 5) is 14.3. The van der Waals surface area contributed by atoms with Crippen LogP contribution in [-0.2, 0) is 4.79 Å². The van der Waals surface area contributed by atoms with Gasteiger partial charge in [-0.2, -0.15) is 0 Å². The Morgan fingerprint density at radius 2 is 1.84 bits per heavy atom. The van der Waals surface area contributed by atoms with Crippen LogP contribution in [-0.4, -0.2) is 30.6 Å². The van der Waals surface area contributed by atoms with E-state index in [1.807, 2.05) is 13.0 Å². The highest BCUT2D eigenvalue weighted by Gasteiger charge is 2.62. The molecule has 5 atom stereocenters. The van der Waals surface area contributed by atoms with Crippen molar-refractivity contribution >= 4 is 11.5 Å². The molecule has 32 heavy (non-hydrogen) atoms. The fourth-order valence-electron chi connectivity index (χ4n) is 7.38. The van der Waals surface area contributed by atoms with Crippen LogP contribution in [0.25, 0.3) is 0 Å². The molecule has 0 spiro atoms. The molecule has 0 saturated heterocycles. The molecule has 5 rings (SSSR count). The number of rotatable bonds is 2. The number of aliphatic hydroxyl groups is 1. The third kappa shape index (κ3) is 3.11. The third-order valence-electron chi connectivity index (χ3n) is 9.03. The normalized spacial score (nSPS) is 35.8. The molecule has 0 radical (unpaired) electrons. The molecule has 3 unspecified atom stereocenters. The second kappa shape index (κ2) is 7.63. The lowest BCUT2D eigenvalue weighted by atomic mass is 9.51. The average molecular weight is 430 g/mol. The van der Waals surface area contributed by atoms with Gasteiger partial charge >= 0.3 is 0 Å². The summed E-state index contributed by atoms with van der Waals surface area (Å²) in [7, 11) is 4.14. The minimum atomic E-state index is -0.914. The Hall–Kier alpha value is -2.31. The van der Waals surface area contributed by atoms with Gasteiger partial charge < -0.3 is 10.0 Å². The van der Waals surface area contributed by atoms with Crippen LogP contribution in [0.5, 0.6) is 0 Å². The molecule has 4 aliphatic rings. The van der Waals surface area contributed by atoms with Crippen molar-refractivity contribution in [2.45, 2.75) is 70.3 Å². The van der Waals surface area contributed by atoms with E-state index in [2.05, 4.69) is 62.0 Å². The highest BCUT2D eigenvalue weighted by atomic mass is 16.3. The van der Waals surface area contributed by atoms with Crippen LogP contribution >= 0.6 is 0 Å². The molecule has 0 aromatic heterocycles. The van der Waals surface area contributed by atoms with Gasteiger partial charge in [0.25, 0.3) is 0 Å². The Balaban J connectivity index is 1.67. The summed E-state index contributed by atoms with van der Waals surface area (Å²) in [6.07, 6.45) is 8.23. The zero-order chi connectivity index (χ0) is 22.7. The lowest BCUT2D eigenvalue weighted by Gasteiger charge is -2.53. The van der Waals surface area contributed by atoms with Gasteiger partial charge in [-0.1, -0.05) is 30.6 Å². The Bertz CT molecular complexity index is 1070. The van der Waals surface area contributed by atoms with E-state index >= 15 is 0 Å². The lowest BCUT2D eigenvalue weighted by Crippen LogP contribution is -2.51. The van der Waals surface area contributed by atoms with Crippen LogP contribution in [0, 0.1) is 29.1 Å². The van der Waals surface area contributed by atoms with Crippen LogP contribution < -0.4 is 4.90 Å². The first-order chi connectivity index (χ1) is 15.3. The maximum atomic E-state index is 12.2. The largest absolute Gasteiger partial charge is 0.378 e. The van der Waals surface area contributed by atoms with E-state index < -0.39 is 5.60 Å². The Morgan fingerprint density at radius 1 is 1.09 bits per heavy atom. The van der Waals surface area contributed by atoms with Gasteiger partial charge in [0.05, 0.1) is 0 Å². The molecule has 1 N–H and O–H groups in total. The molecule has 0 aliphatic heterocycles. The van der Waals surface area contributed by atoms with E-state index in [4.69, 9.17) is 0 Å². The summed E-state index contributed by atoms with van der Waals surface area (Å²) < 4.78 is 0. The molecule has 1 aromatic rings. The van der Waals surface area contributed by atoms with Crippen molar-refractivity contribution in [3.8, 4) is 11.8 Å². The number of allylic oxidation sites excluding steroid dienone is 4. The van der Waals surface area contributed by atoms with Crippen LogP contribution in [0.4, 0.5) is 5.69 Å². The summed E-state index contributed by atoms with van der Waals surface area (Å²) in [5, 5.41) is 11.7. The van der Waals surface area contributed by atoms with Crippen LogP contribution in [0.1, 0.15) is 70.3 Å². The minimum absolute atomic E-state index is 0.221. The van der Waals surface area contributed by atoms with Crippen molar-refractivity contribution in [1.82, 2.24) is 0 Å². The molecule has 0 bridgehead atoms. The average Bonchev–Trinajstić information content (AvgIpc) is 3.03. The molecule has 4 aliphatic carbocycles. The van der Waals surface area contributed by atoms with Gasteiger partial charge in [0, 0.05) is 37.5 Å². The van der Waals surface area contributed by atoms with E-state index in [9.17, 15) is 9.90 Å². The van der Waals surface area contributed by atoms with Gasteiger partial charge in [-0.05, 0) is 92.2 Å². The second-order valence-electron chi connectivity index (χ2n) is 10.8. The second-order valence-corrected chi connectivity index (χ2v) is 10.8. The van der Waals surface area contributed by atoms with Gasteiger partial charge in [0.2, 0.25) is 0 Å². The van der Waals surface area contributed by atoms with Crippen molar-refractivity contribution in [3.63, 3.8) is 0 Å². The Morgan fingerprint density at radius 3 is 2.53 bits per heavy atom. The van der Waals surface area contributed by atoms with Crippen molar-refractivity contribution in [2.75, 3.05) is 19.0 Å². The number of hydrogen-bond donors (Lipinski definition) is 1. The van der Waals surface area contributed by atoms with Crippen LogP contribution in [0.3, 0.4) is 0 Å². The smallest absolute Gasteiger partial charge is 0.156 e. The molecule has 2 fully saturated rings. The van der Waals surface area contributed by atoms with E-state index in [-0.39, 0.29) is 17.1 Å². The number of nitrogens with zero attached hydrogens (tertiary/aromatic N) is 1. The standard InChI is InChI=1S/C29H35NO2/c1-5-15-29(32)16-14-26-24-12-8-20-17-22(31)11-13-23(20)27(24)25(18-28(26,29)2)19-6-9-21(10-7-19)30(3)4/h6-7,9-10,17,24-26,32H,8,11-14,16,18H2,1-4H3/t24-,25?,26?,28-,29?/m0/s1. The number of carbonyl (C=O) groups is 1. The quantitative estimate of drug-likeness (QED) is 0.640. The number of ketones is 1. The molecule has 1 aromatic carbocycles. The maximum absolute atomic E-state index is 12.2. The predicted octanol–water partition coefficient (Wildman–Crippen LogP) is 5.41. The first kappa shape index (κ1) is 21.5. The van der Waals surface area contributed by atoms with Crippen molar-refractivity contribution < 1.29 is 9.90 Å². The lowest BCUT2D eigenvalue weighted by molar-refractivity contribution is -0.114. The first-order valence-electron chi connectivity index (χ1n) is 12.2. The van der Waals surface area contributed by atoms with Gasteiger partial charge in [0.1, 0.15) is 5.60 Å². The van der Waals surface area contributed by atoms with Gasteiger partial charge in [-0.15, -0.1) is 5.92 Å². The fourth-order valence-corrected chi connectivity index (χ4v) is 7.38. The Kier molecular flexibility index (Phi) is 5.13. The fraction of sp³-hybridized carbons (Fsp3) is 0.552. The van der Waals surface area contributed by atoms with Crippen LogP contribution in [0.2, 0.25) is 0 Å². The van der Waals surface area contributed by atoms with Crippen molar-refractivity contribution in [3.05, 3.63) is 52.6 Å². The zero-order valence-corrected chi connectivity index (χ0v) is 19.9. The third-order valence-corrected chi connectivity index (χ3v) is 9.03. The van der Waals surface area contributed by atoms with Gasteiger partial charge in [-0.3, -0.25) is 4.79 Å². The maximum Gasteiger partial charge on any atom is 0.156 e. The van der Waals surface area contributed by atoms with Crippen molar-refractivity contribution in [1.29, 1.82) is 0 Å². The highest BCUT2D eigenvalue weighted by Crippen LogP contribution is 2.66. The van der Waals surface area contributed by atoms with E-state index in [0.717, 1.165) is 38.5 Å². The van der Waals surface area contributed by atoms with Gasteiger partial charge in [0.15, 0.2) is 5.78 Å². The van der Waals surface area contributed by atoms with E-state index in [1.165, 1.54) is 22.4 Å². The Labute approximate surface area is 192 Å². The highest BCUT2D eigenvalue weighted by molar-refractivity contribution is 5.93. The topological polar surface area (TPSA) is 40.5 Å². The molecule has 2 saturated carbocycles. The van der Waals surface area contributed by atoms with E-state index in [1.54, 1.807) is 5.57 Å². The number of anilines is 1. The van der Waals surface area contributed by atoms with Crippen molar-refractivity contribution in [2.24, 2.45) is 17.3 Å². The summed E-state index contributed by atoms with van der Waals surface area (Å²) in [5.41, 5.74) is 5.71. The predicted molar refractivity (Wildman–Crippen MR) is 129 cm³/mol. The first-order valence-corrected chi connectivity index (χ1v) is 12.2. The van der Waals surface area contributed by atoms with Gasteiger partial charge in [-0.25, -0.2) is 0 Å². The SMILES string of the molecule is CC#CC1(O)CCC2[C@@H]3CCC4=CC(=O)CCC4=C3C(c3ccc(N(C)C)cc3)C[C@@]21C. The number of benzene rings is 1. The summed E-state index contributed by atoms with van der Waals surface area (Å²) in [6, 6.07) is 8.97. The molecule has 0 heterocycles. The summed E-state index contributed by atoms with van der Waals surface area (Å²) in [5.74, 6) is 7.76.